The minimum absolute atomic E-state index is 0.0468. The molecule has 0 aliphatic heterocycles. The Bertz CT molecular complexity index is 662. The summed E-state index contributed by atoms with van der Waals surface area (Å²) in [6.45, 7) is 4.57. The van der Waals surface area contributed by atoms with Crippen molar-refractivity contribution in [2.75, 3.05) is 41.0 Å². The van der Waals surface area contributed by atoms with Gasteiger partial charge in [0, 0.05) is 19.3 Å². The SMILES string of the molecule is CCCCCCCCCCCCCC(=O)OC(COCCC(C(=O)[O-])[N+](C)(C)C)COC(=O)CCCCCCCC. The maximum atomic E-state index is 12.5. The van der Waals surface area contributed by atoms with Gasteiger partial charge in [-0.3, -0.25) is 9.59 Å². The van der Waals surface area contributed by atoms with Crippen LogP contribution in [0.15, 0.2) is 0 Å². The molecule has 0 saturated heterocycles. The molecular formula is C33H63NO7. The van der Waals surface area contributed by atoms with E-state index in [1.165, 1.54) is 70.6 Å². The second-order valence-electron chi connectivity index (χ2n) is 12.4. The van der Waals surface area contributed by atoms with Gasteiger partial charge in [-0.1, -0.05) is 110 Å². The average Bonchev–Trinajstić information content (AvgIpc) is 2.91. The van der Waals surface area contributed by atoms with Gasteiger partial charge in [-0.05, 0) is 12.8 Å². The molecule has 0 aromatic carbocycles. The molecule has 0 aromatic heterocycles. The van der Waals surface area contributed by atoms with Crippen molar-refractivity contribution in [1.29, 1.82) is 0 Å². The van der Waals surface area contributed by atoms with Gasteiger partial charge in [0.25, 0.3) is 0 Å². The number of carboxylic acid groups (broad SMARTS) is 1. The number of hydrogen-bond donors (Lipinski definition) is 0. The Hall–Kier alpha value is -1.67. The molecule has 0 heterocycles. The van der Waals surface area contributed by atoms with Crippen LogP contribution in [0.1, 0.15) is 142 Å². The summed E-state index contributed by atoms with van der Waals surface area (Å²) in [7, 11) is 5.38. The maximum absolute atomic E-state index is 12.5. The predicted octanol–water partition coefficient (Wildman–Crippen LogP) is 6.12. The molecule has 0 N–H and O–H groups in total. The van der Waals surface area contributed by atoms with Gasteiger partial charge >= 0.3 is 11.9 Å². The average molecular weight is 586 g/mol. The maximum Gasteiger partial charge on any atom is 0.306 e. The molecule has 242 valence electrons. The van der Waals surface area contributed by atoms with Crippen molar-refractivity contribution < 1.29 is 38.2 Å². The Kier molecular flexibility index (Phi) is 24.9. The molecule has 0 rings (SSSR count). The summed E-state index contributed by atoms with van der Waals surface area (Å²) < 4.78 is 16.9. The molecular weight excluding hydrogens is 522 g/mol. The minimum atomic E-state index is -1.13. The van der Waals surface area contributed by atoms with E-state index in [1.807, 2.05) is 0 Å². The third-order valence-corrected chi connectivity index (χ3v) is 7.49. The molecule has 0 aliphatic rings. The van der Waals surface area contributed by atoms with Crippen molar-refractivity contribution in [3.63, 3.8) is 0 Å². The van der Waals surface area contributed by atoms with Crippen molar-refractivity contribution in [2.45, 2.75) is 154 Å². The Labute approximate surface area is 251 Å². The van der Waals surface area contributed by atoms with Crippen molar-refractivity contribution in [3.8, 4) is 0 Å². The zero-order valence-corrected chi connectivity index (χ0v) is 27.2. The summed E-state index contributed by atoms with van der Waals surface area (Å²) >= 11 is 0. The van der Waals surface area contributed by atoms with Gasteiger partial charge in [-0.15, -0.1) is 0 Å². The molecule has 0 amide bonds. The second kappa shape index (κ2) is 26.0. The summed E-state index contributed by atoms with van der Waals surface area (Å²) in [5.41, 5.74) is 0. The smallest absolute Gasteiger partial charge is 0.306 e. The fourth-order valence-electron chi connectivity index (χ4n) is 4.83. The van der Waals surface area contributed by atoms with Crippen molar-refractivity contribution in [3.05, 3.63) is 0 Å². The second-order valence-corrected chi connectivity index (χ2v) is 12.4. The Morgan fingerprint density at radius 3 is 1.51 bits per heavy atom. The van der Waals surface area contributed by atoms with Gasteiger partial charge in [-0.25, -0.2) is 0 Å². The van der Waals surface area contributed by atoms with Crippen molar-refractivity contribution in [2.24, 2.45) is 0 Å². The molecule has 2 unspecified atom stereocenters. The number of hydrogen-bond acceptors (Lipinski definition) is 7. The molecule has 0 fully saturated rings. The number of unbranched alkanes of at least 4 members (excludes halogenated alkanes) is 15. The summed E-state index contributed by atoms with van der Waals surface area (Å²) in [5.74, 6) is -1.74. The van der Waals surface area contributed by atoms with Gasteiger partial charge in [0.2, 0.25) is 0 Å². The molecule has 0 aliphatic carbocycles. The fraction of sp³-hybridized carbons (Fsp3) is 0.909. The fourth-order valence-corrected chi connectivity index (χ4v) is 4.83. The largest absolute Gasteiger partial charge is 0.544 e. The summed E-state index contributed by atoms with van der Waals surface area (Å²) in [6, 6.07) is -0.716. The first-order chi connectivity index (χ1) is 19.6. The van der Waals surface area contributed by atoms with Gasteiger partial charge < -0.3 is 28.6 Å². The molecule has 8 heteroatoms. The number of likely N-dealkylation sites (N-methyl/N-ethyl adjacent to an activating group) is 1. The van der Waals surface area contributed by atoms with Crippen LogP contribution in [0.25, 0.3) is 0 Å². The minimum Gasteiger partial charge on any atom is -0.544 e. The molecule has 2 atom stereocenters. The van der Waals surface area contributed by atoms with E-state index in [0.717, 1.165) is 38.5 Å². The van der Waals surface area contributed by atoms with Gasteiger partial charge in [0.1, 0.15) is 12.6 Å². The van der Waals surface area contributed by atoms with Crippen LogP contribution in [-0.2, 0) is 28.6 Å². The first kappa shape index (κ1) is 39.3. The van der Waals surface area contributed by atoms with Crippen LogP contribution < -0.4 is 5.11 Å². The van der Waals surface area contributed by atoms with Crippen LogP contribution in [0.5, 0.6) is 0 Å². The monoisotopic (exact) mass is 585 g/mol. The van der Waals surface area contributed by atoms with Gasteiger partial charge in [-0.2, -0.15) is 0 Å². The number of rotatable bonds is 29. The highest BCUT2D eigenvalue weighted by molar-refractivity contribution is 5.70. The zero-order valence-electron chi connectivity index (χ0n) is 27.2. The molecule has 0 saturated carbocycles. The van der Waals surface area contributed by atoms with Crippen molar-refractivity contribution >= 4 is 17.9 Å². The molecule has 8 nitrogen and oxygen atoms in total. The van der Waals surface area contributed by atoms with Crippen LogP contribution in [-0.4, -0.2) is 75.5 Å². The van der Waals surface area contributed by atoms with E-state index in [1.54, 1.807) is 21.1 Å². The lowest BCUT2D eigenvalue weighted by atomic mass is 10.1. The Morgan fingerprint density at radius 2 is 1.07 bits per heavy atom. The quantitative estimate of drug-likeness (QED) is 0.0592. The number of quaternary nitrogens is 1. The highest BCUT2D eigenvalue weighted by Gasteiger charge is 2.25. The molecule has 41 heavy (non-hydrogen) atoms. The molecule has 0 bridgehead atoms. The molecule has 0 aromatic rings. The normalized spacial score (nSPS) is 13.1. The highest BCUT2D eigenvalue weighted by atomic mass is 16.6. The Balaban J connectivity index is 4.45. The molecule has 0 spiro atoms. The number of carboxylic acids is 1. The topological polar surface area (TPSA) is 102 Å². The lowest BCUT2D eigenvalue weighted by Gasteiger charge is -2.34. The highest BCUT2D eigenvalue weighted by Crippen LogP contribution is 2.13. The van der Waals surface area contributed by atoms with Crippen LogP contribution in [0.2, 0.25) is 0 Å². The van der Waals surface area contributed by atoms with Crippen LogP contribution in [0.4, 0.5) is 0 Å². The number of nitrogens with zero attached hydrogens (tertiary/aromatic N) is 1. The van der Waals surface area contributed by atoms with Crippen LogP contribution >= 0.6 is 0 Å². The number of carbonyl (C=O) groups is 3. The van der Waals surface area contributed by atoms with Gasteiger partial charge in [0.05, 0.1) is 40.3 Å². The van der Waals surface area contributed by atoms with Gasteiger partial charge in [0.15, 0.2) is 6.10 Å². The number of esters is 2. The lowest BCUT2D eigenvalue weighted by Crippen LogP contribution is -2.55. The summed E-state index contributed by atoms with van der Waals surface area (Å²) in [4.78, 5) is 36.2. The van der Waals surface area contributed by atoms with Crippen LogP contribution in [0.3, 0.4) is 0 Å². The molecule has 0 radical (unpaired) electrons. The van der Waals surface area contributed by atoms with E-state index >= 15 is 0 Å². The third kappa shape index (κ3) is 24.6. The lowest BCUT2D eigenvalue weighted by molar-refractivity contribution is -0.889. The standard InChI is InChI=1S/C33H63NO7/c1-6-8-10-12-14-15-16-17-18-20-22-24-32(36)41-29(27-39-26-25-30(33(37)38)34(3,4)5)28-40-31(35)23-21-19-13-11-9-7-2/h29-30H,6-28H2,1-5H3. The number of carbonyl (C=O) groups excluding carboxylic acids is 3. The van der Waals surface area contributed by atoms with Crippen LogP contribution in [0, 0.1) is 0 Å². The van der Waals surface area contributed by atoms with E-state index in [2.05, 4.69) is 13.8 Å². The first-order valence-corrected chi connectivity index (χ1v) is 16.6. The van der Waals surface area contributed by atoms with E-state index in [4.69, 9.17) is 14.2 Å². The van der Waals surface area contributed by atoms with Crippen molar-refractivity contribution in [1.82, 2.24) is 0 Å². The van der Waals surface area contributed by atoms with E-state index in [-0.39, 0.29) is 42.7 Å². The first-order valence-electron chi connectivity index (χ1n) is 16.6. The summed E-state index contributed by atoms with van der Waals surface area (Å²) in [6.07, 6.45) is 20.0. The summed E-state index contributed by atoms with van der Waals surface area (Å²) in [5, 5.41) is 11.5. The third-order valence-electron chi connectivity index (χ3n) is 7.49. The number of aliphatic carboxylic acids is 1. The van der Waals surface area contributed by atoms with E-state index in [9.17, 15) is 19.5 Å². The van der Waals surface area contributed by atoms with E-state index in [0.29, 0.717) is 12.8 Å². The predicted molar refractivity (Wildman–Crippen MR) is 162 cm³/mol. The zero-order chi connectivity index (χ0) is 30.8. The number of ether oxygens (including phenoxy) is 3. The van der Waals surface area contributed by atoms with E-state index < -0.39 is 18.1 Å². The Morgan fingerprint density at radius 1 is 0.634 bits per heavy atom.